The molecule has 4 heteroatoms. The Kier molecular flexibility index (Phi) is 4.68. The van der Waals surface area contributed by atoms with Gasteiger partial charge in [-0.15, -0.1) is 0 Å². The third-order valence-electron chi connectivity index (χ3n) is 3.16. The molecular weight excluding hydrogens is 318 g/mol. The number of benzene rings is 2. The fourth-order valence-electron chi connectivity index (χ4n) is 2.15. The van der Waals surface area contributed by atoms with E-state index >= 15 is 0 Å². The minimum atomic E-state index is -0.227. The van der Waals surface area contributed by atoms with Gasteiger partial charge in [-0.05, 0) is 47.9 Å². The summed E-state index contributed by atoms with van der Waals surface area (Å²) >= 11 is 3.51. The maximum atomic E-state index is 6.37. The highest BCUT2D eigenvalue weighted by atomic mass is 79.9. The highest BCUT2D eigenvalue weighted by molar-refractivity contribution is 9.10. The quantitative estimate of drug-likeness (QED) is 0.923. The van der Waals surface area contributed by atoms with Gasteiger partial charge in [-0.3, -0.25) is 0 Å². The van der Waals surface area contributed by atoms with Crippen molar-refractivity contribution in [2.24, 2.45) is 5.73 Å². The Morgan fingerprint density at radius 3 is 1.95 bits per heavy atom. The molecule has 2 aromatic rings. The van der Waals surface area contributed by atoms with E-state index < -0.39 is 0 Å². The number of halogens is 1. The van der Waals surface area contributed by atoms with Gasteiger partial charge in [0.25, 0.3) is 0 Å². The molecule has 1 unspecified atom stereocenters. The lowest BCUT2D eigenvalue weighted by molar-refractivity contribution is 0.393. The van der Waals surface area contributed by atoms with E-state index in [9.17, 15) is 0 Å². The number of rotatable bonds is 4. The molecule has 0 aliphatic carbocycles. The van der Waals surface area contributed by atoms with E-state index in [1.165, 1.54) is 5.56 Å². The molecule has 0 heterocycles. The van der Waals surface area contributed by atoms with Gasteiger partial charge in [-0.25, -0.2) is 0 Å². The molecule has 1 atom stereocenters. The normalized spacial score (nSPS) is 12.1. The smallest absolute Gasteiger partial charge is 0.122 e. The van der Waals surface area contributed by atoms with Gasteiger partial charge in [-0.1, -0.05) is 22.0 Å². The molecule has 3 nitrogen and oxygen atoms in total. The van der Waals surface area contributed by atoms with Crippen LogP contribution in [0, 0.1) is 6.92 Å². The topological polar surface area (TPSA) is 44.5 Å². The first-order chi connectivity index (χ1) is 9.53. The standard InChI is InChI=1S/C16H18BrNO2/c1-10-4-11(6-13(17)5-10)16(18)12-7-14(19-2)9-15(8-12)20-3/h4-9,16H,18H2,1-3H3. The summed E-state index contributed by atoms with van der Waals surface area (Å²) in [6, 6.07) is 11.7. The number of hydrogen-bond donors (Lipinski definition) is 1. The van der Waals surface area contributed by atoms with E-state index in [0.29, 0.717) is 0 Å². The van der Waals surface area contributed by atoms with Crippen LogP contribution in [0.5, 0.6) is 11.5 Å². The second-order valence-electron chi connectivity index (χ2n) is 4.69. The van der Waals surface area contributed by atoms with Gasteiger partial charge in [0.1, 0.15) is 11.5 Å². The summed E-state index contributed by atoms with van der Waals surface area (Å²) in [6.45, 7) is 2.05. The average molecular weight is 336 g/mol. The molecule has 0 aliphatic rings. The maximum Gasteiger partial charge on any atom is 0.122 e. The van der Waals surface area contributed by atoms with Crippen LogP contribution in [0.1, 0.15) is 22.7 Å². The molecule has 0 saturated heterocycles. The van der Waals surface area contributed by atoms with Gasteiger partial charge in [0.15, 0.2) is 0 Å². The zero-order chi connectivity index (χ0) is 14.7. The minimum absolute atomic E-state index is 0.227. The maximum absolute atomic E-state index is 6.37. The molecule has 0 bridgehead atoms. The van der Waals surface area contributed by atoms with Gasteiger partial charge in [0, 0.05) is 10.5 Å². The van der Waals surface area contributed by atoms with Crippen LogP contribution < -0.4 is 15.2 Å². The predicted octanol–water partition coefficient (Wildman–Crippen LogP) is 3.82. The molecule has 2 N–H and O–H groups in total. The van der Waals surface area contributed by atoms with Gasteiger partial charge in [-0.2, -0.15) is 0 Å². The highest BCUT2D eigenvalue weighted by Crippen LogP contribution is 2.30. The van der Waals surface area contributed by atoms with Crippen molar-refractivity contribution in [3.8, 4) is 11.5 Å². The first-order valence-electron chi connectivity index (χ1n) is 6.29. The zero-order valence-electron chi connectivity index (χ0n) is 11.8. The molecule has 106 valence electrons. The fourth-order valence-corrected chi connectivity index (χ4v) is 2.77. The lowest BCUT2D eigenvalue weighted by atomic mass is 9.98. The Balaban J connectivity index is 2.43. The molecule has 20 heavy (non-hydrogen) atoms. The first-order valence-corrected chi connectivity index (χ1v) is 7.08. The van der Waals surface area contributed by atoms with Gasteiger partial charge >= 0.3 is 0 Å². The molecule has 0 aromatic heterocycles. The summed E-state index contributed by atoms with van der Waals surface area (Å²) in [7, 11) is 3.26. The van der Waals surface area contributed by atoms with Crippen molar-refractivity contribution in [1.82, 2.24) is 0 Å². The van der Waals surface area contributed by atoms with Gasteiger partial charge in [0.05, 0.1) is 20.3 Å². The number of ether oxygens (including phenoxy) is 2. The summed E-state index contributed by atoms with van der Waals surface area (Å²) in [5.74, 6) is 1.48. The SMILES string of the molecule is COc1cc(OC)cc(C(N)c2cc(C)cc(Br)c2)c1. The van der Waals surface area contributed by atoms with Crippen LogP contribution in [0.25, 0.3) is 0 Å². The van der Waals surface area contributed by atoms with E-state index in [2.05, 4.69) is 28.1 Å². The number of methoxy groups -OCH3 is 2. The molecule has 0 amide bonds. The van der Waals surface area contributed by atoms with Crippen molar-refractivity contribution in [1.29, 1.82) is 0 Å². The lowest BCUT2D eigenvalue weighted by Crippen LogP contribution is -2.12. The first kappa shape index (κ1) is 14.9. The van der Waals surface area contributed by atoms with Crippen molar-refractivity contribution in [2.75, 3.05) is 14.2 Å². The zero-order valence-corrected chi connectivity index (χ0v) is 13.4. The number of hydrogen-bond acceptors (Lipinski definition) is 3. The Bertz CT molecular complexity index is 571. The monoisotopic (exact) mass is 335 g/mol. The van der Waals surface area contributed by atoms with E-state index in [4.69, 9.17) is 15.2 Å². The minimum Gasteiger partial charge on any atom is -0.497 e. The van der Waals surface area contributed by atoms with Crippen LogP contribution in [0.3, 0.4) is 0 Å². The second kappa shape index (κ2) is 6.29. The summed E-state index contributed by atoms with van der Waals surface area (Å²) in [6.07, 6.45) is 0. The van der Waals surface area contributed by atoms with Crippen LogP contribution in [0.4, 0.5) is 0 Å². The third kappa shape index (κ3) is 3.32. The fraction of sp³-hybridized carbons (Fsp3) is 0.250. The Morgan fingerprint density at radius 1 is 0.900 bits per heavy atom. The van der Waals surface area contributed by atoms with Crippen LogP contribution in [0.15, 0.2) is 40.9 Å². The summed E-state index contributed by atoms with van der Waals surface area (Å²) in [5.41, 5.74) is 9.54. The van der Waals surface area contributed by atoms with Crippen molar-refractivity contribution in [3.63, 3.8) is 0 Å². The second-order valence-corrected chi connectivity index (χ2v) is 5.60. The molecule has 0 aliphatic heterocycles. The van der Waals surface area contributed by atoms with Crippen molar-refractivity contribution < 1.29 is 9.47 Å². The molecule has 0 spiro atoms. The highest BCUT2D eigenvalue weighted by Gasteiger charge is 2.13. The number of aryl methyl sites for hydroxylation is 1. The predicted molar refractivity (Wildman–Crippen MR) is 84.5 cm³/mol. The third-order valence-corrected chi connectivity index (χ3v) is 3.61. The largest absolute Gasteiger partial charge is 0.497 e. The van der Waals surface area contributed by atoms with E-state index in [-0.39, 0.29) is 6.04 Å². The molecule has 0 radical (unpaired) electrons. The molecule has 2 rings (SSSR count). The van der Waals surface area contributed by atoms with Gasteiger partial charge in [0.2, 0.25) is 0 Å². The van der Waals surface area contributed by atoms with Crippen LogP contribution in [-0.2, 0) is 0 Å². The molecular formula is C16H18BrNO2. The van der Waals surface area contributed by atoms with E-state index in [1.54, 1.807) is 14.2 Å². The molecule has 2 aromatic carbocycles. The Morgan fingerprint density at radius 2 is 1.45 bits per heavy atom. The molecule has 0 saturated carbocycles. The Labute approximate surface area is 127 Å². The Hall–Kier alpha value is -1.52. The van der Waals surface area contributed by atoms with Crippen molar-refractivity contribution in [3.05, 3.63) is 57.6 Å². The van der Waals surface area contributed by atoms with Crippen LogP contribution in [0.2, 0.25) is 0 Å². The summed E-state index contributed by atoms with van der Waals surface area (Å²) < 4.78 is 11.6. The lowest BCUT2D eigenvalue weighted by Gasteiger charge is -2.16. The van der Waals surface area contributed by atoms with E-state index in [1.807, 2.05) is 31.2 Å². The van der Waals surface area contributed by atoms with Crippen LogP contribution >= 0.6 is 15.9 Å². The van der Waals surface area contributed by atoms with Gasteiger partial charge < -0.3 is 15.2 Å². The van der Waals surface area contributed by atoms with E-state index in [0.717, 1.165) is 27.1 Å². The van der Waals surface area contributed by atoms with Crippen molar-refractivity contribution in [2.45, 2.75) is 13.0 Å². The van der Waals surface area contributed by atoms with Crippen LogP contribution in [-0.4, -0.2) is 14.2 Å². The summed E-state index contributed by atoms with van der Waals surface area (Å²) in [4.78, 5) is 0. The summed E-state index contributed by atoms with van der Waals surface area (Å²) in [5, 5.41) is 0. The molecule has 0 fully saturated rings. The number of nitrogens with two attached hydrogens (primary N) is 1. The average Bonchev–Trinajstić information content (AvgIpc) is 2.44. The van der Waals surface area contributed by atoms with Crippen molar-refractivity contribution >= 4 is 15.9 Å².